The molecule has 0 bridgehead atoms. The first-order valence-electron chi connectivity index (χ1n) is 13.7. The topological polar surface area (TPSA) is 180 Å². The van der Waals surface area contributed by atoms with Gasteiger partial charge in [-0.3, -0.25) is 5.41 Å². The fraction of sp³-hybridized carbons (Fsp3) is 0.345. The number of dihydropyridines is 1. The Morgan fingerprint density at radius 1 is 0.881 bits per heavy atom. The number of aliphatic hydroxyl groups excluding tert-OH is 2. The number of ether oxygens (including phenoxy) is 2. The smallest absolute Gasteiger partial charge is 0.260 e. The number of aryl methyl sites for hydroxylation is 4. The maximum Gasteiger partial charge on any atom is 0.260 e. The molecule has 0 spiro atoms. The van der Waals surface area contributed by atoms with E-state index in [9.17, 15) is 10.2 Å². The van der Waals surface area contributed by atoms with Crippen LogP contribution in [0.2, 0.25) is 0 Å². The number of fused-ring (bicyclic) bond motifs is 2. The van der Waals surface area contributed by atoms with Gasteiger partial charge in [0.25, 0.3) is 11.8 Å². The lowest BCUT2D eigenvalue weighted by molar-refractivity contribution is 0.229. The fourth-order valence-electron chi connectivity index (χ4n) is 4.43. The van der Waals surface area contributed by atoms with Gasteiger partial charge in [-0.2, -0.15) is 0 Å². The highest BCUT2D eigenvalue weighted by molar-refractivity contribution is 6.52. The summed E-state index contributed by atoms with van der Waals surface area (Å²) >= 11 is 0. The van der Waals surface area contributed by atoms with E-state index >= 15 is 0 Å². The molecule has 220 valence electrons. The summed E-state index contributed by atoms with van der Waals surface area (Å²) in [6.45, 7) is 8.42. The van der Waals surface area contributed by atoms with Crippen molar-refractivity contribution < 1.29 is 19.7 Å². The lowest BCUT2D eigenvalue weighted by Crippen LogP contribution is -2.29. The molecule has 0 atom stereocenters. The number of amidine groups is 2. The first-order valence-corrected chi connectivity index (χ1v) is 13.7. The van der Waals surface area contributed by atoms with Crippen LogP contribution in [0.1, 0.15) is 35.4 Å². The maximum absolute atomic E-state index is 9.24. The number of rotatable bonds is 10. The zero-order valence-corrected chi connectivity index (χ0v) is 24.1. The van der Waals surface area contributed by atoms with Crippen LogP contribution in [0.5, 0.6) is 11.8 Å². The number of hydrogen-bond donors (Lipinski definition) is 5. The number of aliphatic hydroxyl groups is 2. The van der Waals surface area contributed by atoms with Crippen molar-refractivity contribution in [2.45, 2.75) is 40.5 Å². The van der Waals surface area contributed by atoms with Crippen molar-refractivity contribution in [3.63, 3.8) is 0 Å². The third kappa shape index (κ3) is 5.43. The van der Waals surface area contributed by atoms with Gasteiger partial charge in [-0.05, 0) is 57.0 Å². The van der Waals surface area contributed by atoms with Gasteiger partial charge in [-0.1, -0.05) is 12.1 Å². The summed E-state index contributed by atoms with van der Waals surface area (Å²) in [7, 11) is 0. The number of nitrogens with one attached hydrogen (secondary N) is 2. The standard InChI is InChI=1S/C29H35N9O4/c1-16-7-9-22-24(28(41-13-5-11-39)35-37(22)18(16)3)32-26-20(30)15-21(31)27(34-26)33-25-23-10-8-17(2)19(4)38(23)36-29(25)42-14-6-12-40/h7-10,15,30,39-40H,5-6,11-14,31H2,1-4H3,(H,32,33,34). The van der Waals surface area contributed by atoms with Gasteiger partial charge in [-0.25, -0.2) is 19.0 Å². The van der Waals surface area contributed by atoms with Gasteiger partial charge in [-0.15, -0.1) is 10.2 Å². The molecule has 13 heteroatoms. The highest BCUT2D eigenvalue weighted by Crippen LogP contribution is 2.35. The average molecular weight is 574 g/mol. The summed E-state index contributed by atoms with van der Waals surface area (Å²) in [6, 6.07) is 7.79. The predicted molar refractivity (Wildman–Crippen MR) is 162 cm³/mol. The molecular formula is C29H35N9O4. The summed E-state index contributed by atoms with van der Waals surface area (Å²) in [6.07, 6.45) is 2.36. The molecule has 42 heavy (non-hydrogen) atoms. The Morgan fingerprint density at radius 3 is 2.10 bits per heavy atom. The fourth-order valence-corrected chi connectivity index (χ4v) is 4.43. The quantitative estimate of drug-likeness (QED) is 0.179. The number of nitrogens with zero attached hydrogens (tertiary/aromatic N) is 6. The van der Waals surface area contributed by atoms with Crippen molar-refractivity contribution >= 4 is 39.8 Å². The minimum absolute atomic E-state index is 0.0101. The summed E-state index contributed by atoms with van der Waals surface area (Å²) in [5.74, 6) is 0.992. The molecule has 0 saturated carbocycles. The Labute approximate surface area is 242 Å². The Balaban J connectivity index is 1.59. The van der Waals surface area contributed by atoms with Crippen molar-refractivity contribution in [2.75, 3.05) is 31.7 Å². The molecule has 0 aromatic carbocycles. The molecule has 0 fully saturated rings. The number of aliphatic imine (C=N–C) groups is 2. The summed E-state index contributed by atoms with van der Waals surface area (Å²) < 4.78 is 15.3. The largest absolute Gasteiger partial charge is 0.475 e. The number of pyridine rings is 2. The molecule has 1 aliphatic heterocycles. The lowest BCUT2D eigenvalue weighted by Gasteiger charge is -2.15. The molecule has 0 amide bonds. The zero-order valence-electron chi connectivity index (χ0n) is 24.1. The Bertz CT molecular complexity index is 1760. The van der Waals surface area contributed by atoms with Crippen LogP contribution >= 0.6 is 0 Å². The molecule has 5 heterocycles. The van der Waals surface area contributed by atoms with E-state index in [4.69, 9.17) is 25.6 Å². The second-order valence-corrected chi connectivity index (χ2v) is 10.0. The minimum atomic E-state index is -0.0131. The number of nitrogens with two attached hydrogens (primary N) is 1. The van der Waals surface area contributed by atoms with Gasteiger partial charge < -0.3 is 30.7 Å². The van der Waals surface area contributed by atoms with Gasteiger partial charge >= 0.3 is 0 Å². The second-order valence-electron chi connectivity index (χ2n) is 10.0. The van der Waals surface area contributed by atoms with Crippen molar-refractivity contribution in [3.05, 3.63) is 58.6 Å². The molecule has 0 radical (unpaired) electrons. The highest BCUT2D eigenvalue weighted by Gasteiger charge is 2.24. The molecular weight excluding hydrogens is 538 g/mol. The Morgan fingerprint density at radius 2 is 1.45 bits per heavy atom. The van der Waals surface area contributed by atoms with Crippen LogP contribution in [0, 0.1) is 33.1 Å². The number of aromatic nitrogens is 4. The lowest BCUT2D eigenvalue weighted by atomic mass is 10.2. The molecule has 4 aromatic rings. The van der Waals surface area contributed by atoms with E-state index in [1.54, 1.807) is 9.03 Å². The third-order valence-electron chi connectivity index (χ3n) is 7.09. The molecule has 6 N–H and O–H groups in total. The summed E-state index contributed by atoms with van der Waals surface area (Å²) in [4.78, 5) is 9.41. The van der Waals surface area contributed by atoms with Gasteiger partial charge in [0.1, 0.15) is 5.69 Å². The van der Waals surface area contributed by atoms with Gasteiger partial charge in [0.15, 0.2) is 17.4 Å². The van der Waals surface area contributed by atoms with E-state index in [1.165, 1.54) is 6.08 Å². The monoisotopic (exact) mass is 573 g/mol. The van der Waals surface area contributed by atoms with Crippen LogP contribution in [0.25, 0.3) is 11.0 Å². The maximum atomic E-state index is 9.24. The minimum Gasteiger partial charge on any atom is -0.475 e. The average Bonchev–Trinajstić information content (AvgIpc) is 3.49. The molecule has 1 aliphatic rings. The number of hydrogen-bond acceptors (Lipinski definition) is 10. The van der Waals surface area contributed by atoms with Crippen LogP contribution in [-0.4, -0.2) is 73.3 Å². The number of anilines is 1. The van der Waals surface area contributed by atoms with Crippen LogP contribution < -0.4 is 20.5 Å². The molecule has 0 saturated heterocycles. The highest BCUT2D eigenvalue weighted by atomic mass is 16.5. The van der Waals surface area contributed by atoms with E-state index in [1.807, 2.05) is 52.0 Å². The molecule has 5 rings (SSSR count). The Kier molecular flexibility index (Phi) is 8.22. The first kappa shape index (κ1) is 28.8. The van der Waals surface area contributed by atoms with Gasteiger partial charge in [0, 0.05) is 37.4 Å². The summed E-state index contributed by atoms with van der Waals surface area (Å²) in [5.41, 5.74) is 13.0. The van der Waals surface area contributed by atoms with Gasteiger partial charge in [0.05, 0.1) is 35.7 Å². The van der Waals surface area contributed by atoms with Crippen LogP contribution in [0.4, 0.5) is 11.4 Å². The first-order chi connectivity index (χ1) is 20.2. The molecule has 0 unspecified atom stereocenters. The van der Waals surface area contributed by atoms with Crippen molar-refractivity contribution in [1.82, 2.24) is 19.2 Å². The van der Waals surface area contributed by atoms with E-state index in [2.05, 4.69) is 20.5 Å². The van der Waals surface area contributed by atoms with Crippen molar-refractivity contribution in [1.29, 1.82) is 5.41 Å². The molecule has 13 nitrogen and oxygen atoms in total. The van der Waals surface area contributed by atoms with E-state index < -0.39 is 0 Å². The molecule has 0 aliphatic carbocycles. The Hall–Kier alpha value is -4.75. The van der Waals surface area contributed by atoms with Crippen LogP contribution in [0.15, 0.2) is 46.0 Å². The molecule has 4 aromatic heterocycles. The summed E-state index contributed by atoms with van der Waals surface area (Å²) in [5, 5.41) is 39.6. The van der Waals surface area contributed by atoms with E-state index in [0.717, 1.165) is 28.0 Å². The van der Waals surface area contributed by atoms with Crippen LogP contribution in [-0.2, 0) is 0 Å². The van der Waals surface area contributed by atoms with Crippen molar-refractivity contribution in [3.8, 4) is 11.8 Å². The second kappa shape index (κ2) is 12.0. The van der Waals surface area contributed by atoms with Crippen molar-refractivity contribution in [2.24, 2.45) is 15.7 Å². The normalized spacial score (nSPS) is 14.5. The van der Waals surface area contributed by atoms with E-state index in [-0.39, 0.29) is 55.4 Å². The SMILES string of the molecule is Cc1ccc2c(N=C3N=C(Nc4c(OCCCO)nn5c(C)c(C)ccc45)C(=N)C=C3N)c(OCCCO)nn2c1C. The van der Waals surface area contributed by atoms with Crippen LogP contribution in [0.3, 0.4) is 0 Å². The van der Waals surface area contributed by atoms with Gasteiger partial charge in [0.2, 0.25) is 0 Å². The third-order valence-corrected chi connectivity index (χ3v) is 7.09. The van der Waals surface area contributed by atoms with E-state index in [0.29, 0.717) is 35.6 Å². The zero-order chi connectivity index (χ0) is 30.0. The predicted octanol–water partition coefficient (Wildman–Crippen LogP) is 3.15.